The number of nitrogens with zero attached hydrogens (tertiary/aromatic N) is 2. The molecule has 2 rings (SSSR count). The van der Waals surface area contributed by atoms with E-state index >= 15 is 0 Å². The lowest BCUT2D eigenvalue weighted by atomic mass is 10.3. The van der Waals surface area contributed by atoms with Crippen LogP contribution in [0.5, 0.6) is 5.75 Å². The van der Waals surface area contributed by atoms with Crippen LogP contribution in [-0.4, -0.2) is 28.2 Å². The average Bonchev–Trinajstić information content (AvgIpc) is 2.60. The fourth-order valence-electron chi connectivity index (χ4n) is 1.55. The van der Waals surface area contributed by atoms with E-state index in [-0.39, 0.29) is 5.75 Å². The van der Waals surface area contributed by atoms with Crippen LogP contribution in [0.4, 0.5) is 0 Å². The molecule has 0 bridgehead atoms. The van der Waals surface area contributed by atoms with Crippen molar-refractivity contribution < 1.29 is 9.84 Å². The molecular weight excluding hydrogens is 192 g/mol. The van der Waals surface area contributed by atoms with E-state index < -0.39 is 0 Å². The first-order valence-corrected chi connectivity index (χ1v) is 4.95. The van der Waals surface area contributed by atoms with E-state index in [0.29, 0.717) is 0 Å². The minimum atomic E-state index is 0.253. The third-order valence-electron chi connectivity index (χ3n) is 2.27. The lowest BCUT2D eigenvalue weighted by molar-refractivity contribution is 0.195. The third-order valence-corrected chi connectivity index (χ3v) is 2.27. The molecule has 80 valence electrons. The Kier molecular flexibility index (Phi) is 2.87. The van der Waals surface area contributed by atoms with Crippen molar-refractivity contribution in [3.8, 4) is 5.75 Å². The monoisotopic (exact) mass is 206 g/mol. The van der Waals surface area contributed by atoms with Gasteiger partial charge in [-0.15, -0.1) is 0 Å². The van der Waals surface area contributed by atoms with Gasteiger partial charge in [0.2, 0.25) is 0 Å². The minimum Gasteiger partial charge on any atom is -0.506 e. The Labute approximate surface area is 88.1 Å². The van der Waals surface area contributed by atoms with Gasteiger partial charge < -0.3 is 14.2 Å². The van der Waals surface area contributed by atoms with E-state index in [0.717, 1.165) is 30.8 Å². The number of aryl methyl sites for hydroxylation is 1. The molecule has 2 aromatic rings. The highest BCUT2D eigenvalue weighted by molar-refractivity contribution is 5.42. The van der Waals surface area contributed by atoms with Gasteiger partial charge in [0.1, 0.15) is 11.4 Å². The number of fused-ring (bicyclic) bond motifs is 1. The summed E-state index contributed by atoms with van der Waals surface area (Å²) in [6.45, 7) is 0.749. The van der Waals surface area contributed by atoms with E-state index in [4.69, 9.17) is 4.74 Å². The normalized spacial score (nSPS) is 11.0. The van der Waals surface area contributed by atoms with Gasteiger partial charge in [-0.25, -0.2) is 4.98 Å². The predicted molar refractivity (Wildman–Crippen MR) is 57.1 cm³/mol. The molecule has 0 unspecified atom stereocenters. The van der Waals surface area contributed by atoms with Crippen LogP contribution in [0.3, 0.4) is 0 Å². The number of aromatic nitrogens is 2. The Morgan fingerprint density at radius 1 is 1.40 bits per heavy atom. The topological polar surface area (TPSA) is 46.8 Å². The number of imidazole rings is 1. The lowest BCUT2D eigenvalue weighted by Crippen LogP contribution is -1.92. The fraction of sp³-hybridized carbons (Fsp3) is 0.364. The van der Waals surface area contributed by atoms with Crippen LogP contribution in [0, 0.1) is 0 Å². The van der Waals surface area contributed by atoms with E-state index in [1.165, 1.54) is 0 Å². The molecule has 0 fully saturated rings. The van der Waals surface area contributed by atoms with Crippen LogP contribution < -0.4 is 0 Å². The summed E-state index contributed by atoms with van der Waals surface area (Å²) in [5, 5.41) is 9.29. The number of ether oxygens (including phenoxy) is 1. The van der Waals surface area contributed by atoms with Crippen LogP contribution in [0.25, 0.3) is 5.65 Å². The highest BCUT2D eigenvalue weighted by atomic mass is 16.5. The summed E-state index contributed by atoms with van der Waals surface area (Å²) in [6.07, 6.45) is 5.45. The Morgan fingerprint density at radius 3 is 3.07 bits per heavy atom. The van der Waals surface area contributed by atoms with Gasteiger partial charge in [-0.2, -0.15) is 0 Å². The zero-order valence-corrected chi connectivity index (χ0v) is 8.68. The third kappa shape index (κ3) is 2.27. The van der Waals surface area contributed by atoms with Crippen LogP contribution in [0.15, 0.2) is 24.5 Å². The minimum absolute atomic E-state index is 0.253. The molecule has 2 aromatic heterocycles. The molecule has 0 aliphatic heterocycles. The molecule has 0 aliphatic rings. The van der Waals surface area contributed by atoms with Crippen molar-refractivity contribution in [3.05, 3.63) is 30.2 Å². The summed E-state index contributed by atoms with van der Waals surface area (Å²) in [5.41, 5.74) is 1.89. The molecule has 0 spiro atoms. The maximum atomic E-state index is 9.29. The standard InChI is InChI=1S/C11H14N2O2/c1-15-6-2-3-9-7-13-8-10(14)4-5-11(13)12-9/h4-5,7-8,14H,2-3,6H2,1H3. The number of aromatic hydroxyl groups is 1. The highest BCUT2D eigenvalue weighted by Gasteiger charge is 2.01. The lowest BCUT2D eigenvalue weighted by Gasteiger charge is -1.94. The van der Waals surface area contributed by atoms with Gasteiger partial charge in [0.15, 0.2) is 0 Å². The van der Waals surface area contributed by atoms with Crippen molar-refractivity contribution in [2.24, 2.45) is 0 Å². The molecule has 0 amide bonds. The summed E-state index contributed by atoms with van der Waals surface area (Å²) in [6, 6.07) is 3.44. The Balaban J connectivity index is 2.16. The Morgan fingerprint density at radius 2 is 2.27 bits per heavy atom. The van der Waals surface area contributed by atoms with Crippen LogP contribution in [0.2, 0.25) is 0 Å². The number of methoxy groups -OCH3 is 1. The summed E-state index contributed by atoms with van der Waals surface area (Å²) < 4.78 is 6.81. The van der Waals surface area contributed by atoms with Gasteiger partial charge in [-0.1, -0.05) is 0 Å². The number of hydrogen-bond donors (Lipinski definition) is 1. The molecule has 2 heterocycles. The largest absolute Gasteiger partial charge is 0.506 e. The molecular formula is C11H14N2O2. The number of pyridine rings is 1. The van der Waals surface area contributed by atoms with Crippen LogP contribution in [-0.2, 0) is 11.2 Å². The van der Waals surface area contributed by atoms with Gasteiger partial charge >= 0.3 is 0 Å². The van der Waals surface area contributed by atoms with Gasteiger partial charge in [-0.3, -0.25) is 0 Å². The quantitative estimate of drug-likeness (QED) is 0.773. The van der Waals surface area contributed by atoms with Gasteiger partial charge in [0.25, 0.3) is 0 Å². The van der Waals surface area contributed by atoms with E-state index in [2.05, 4.69) is 4.98 Å². The second-order valence-corrected chi connectivity index (χ2v) is 3.48. The van der Waals surface area contributed by atoms with Gasteiger partial charge in [0, 0.05) is 19.9 Å². The zero-order chi connectivity index (χ0) is 10.7. The van der Waals surface area contributed by atoms with E-state index in [1.54, 1.807) is 25.4 Å². The predicted octanol–water partition coefficient (Wildman–Crippen LogP) is 1.62. The summed E-state index contributed by atoms with van der Waals surface area (Å²) in [7, 11) is 1.70. The first-order chi connectivity index (χ1) is 7.29. The molecule has 0 aliphatic carbocycles. The molecule has 4 heteroatoms. The van der Waals surface area contributed by atoms with Crippen molar-refractivity contribution in [1.29, 1.82) is 0 Å². The summed E-state index contributed by atoms with van der Waals surface area (Å²) in [5.74, 6) is 0.253. The summed E-state index contributed by atoms with van der Waals surface area (Å²) in [4.78, 5) is 4.42. The summed E-state index contributed by atoms with van der Waals surface area (Å²) >= 11 is 0. The van der Waals surface area contributed by atoms with Crippen molar-refractivity contribution >= 4 is 5.65 Å². The fourth-order valence-corrected chi connectivity index (χ4v) is 1.55. The molecule has 4 nitrogen and oxygen atoms in total. The second kappa shape index (κ2) is 4.31. The van der Waals surface area contributed by atoms with E-state index in [1.807, 2.05) is 10.6 Å². The van der Waals surface area contributed by atoms with Crippen molar-refractivity contribution in [2.75, 3.05) is 13.7 Å². The molecule has 0 atom stereocenters. The molecule has 0 radical (unpaired) electrons. The SMILES string of the molecule is COCCCc1cn2cc(O)ccc2n1. The second-order valence-electron chi connectivity index (χ2n) is 3.48. The number of rotatable bonds is 4. The number of hydrogen-bond acceptors (Lipinski definition) is 3. The van der Waals surface area contributed by atoms with E-state index in [9.17, 15) is 5.11 Å². The Hall–Kier alpha value is -1.55. The van der Waals surface area contributed by atoms with Crippen LogP contribution in [0.1, 0.15) is 12.1 Å². The first-order valence-electron chi connectivity index (χ1n) is 4.95. The first kappa shape index (κ1) is 9.98. The maximum Gasteiger partial charge on any atom is 0.137 e. The maximum absolute atomic E-state index is 9.29. The molecule has 0 saturated carbocycles. The van der Waals surface area contributed by atoms with Gasteiger partial charge in [0.05, 0.1) is 11.9 Å². The smallest absolute Gasteiger partial charge is 0.137 e. The average molecular weight is 206 g/mol. The zero-order valence-electron chi connectivity index (χ0n) is 8.68. The van der Waals surface area contributed by atoms with Crippen molar-refractivity contribution in [3.63, 3.8) is 0 Å². The van der Waals surface area contributed by atoms with Gasteiger partial charge in [-0.05, 0) is 25.0 Å². The van der Waals surface area contributed by atoms with Crippen LogP contribution >= 0.6 is 0 Å². The molecule has 0 saturated heterocycles. The molecule has 15 heavy (non-hydrogen) atoms. The highest BCUT2D eigenvalue weighted by Crippen LogP contribution is 2.12. The Bertz CT molecular complexity index is 451. The molecule has 0 aromatic carbocycles. The molecule has 1 N–H and O–H groups in total. The van der Waals surface area contributed by atoms with Crippen molar-refractivity contribution in [2.45, 2.75) is 12.8 Å². The van der Waals surface area contributed by atoms with Crippen molar-refractivity contribution in [1.82, 2.24) is 9.38 Å².